The van der Waals surface area contributed by atoms with Gasteiger partial charge in [0.25, 0.3) is 0 Å². The number of piperidine rings is 1. The van der Waals surface area contributed by atoms with Crippen molar-refractivity contribution in [2.45, 2.75) is 71.9 Å². The summed E-state index contributed by atoms with van der Waals surface area (Å²) in [5.74, 6) is 0. The molecule has 0 aromatic carbocycles. The maximum absolute atomic E-state index is 3.51. The van der Waals surface area contributed by atoms with Crippen molar-refractivity contribution in [3.8, 4) is 0 Å². The van der Waals surface area contributed by atoms with Gasteiger partial charge in [-0.1, -0.05) is 40.5 Å². The van der Waals surface area contributed by atoms with Gasteiger partial charge in [-0.25, -0.2) is 0 Å². The number of hydrogen-bond donors (Lipinski definition) is 1. The molecule has 1 heterocycles. The number of rotatable bonds is 5. The summed E-state index contributed by atoms with van der Waals surface area (Å²) in [4.78, 5) is 2.74. The predicted octanol–water partition coefficient (Wildman–Crippen LogP) is 3.28. The molecule has 102 valence electrons. The highest BCUT2D eigenvalue weighted by Gasteiger charge is 2.29. The van der Waals surface area contributed by atoms with Crippen molar-refractivity contribution in [2.24, 2.45) is 5.41 Å². The Balaban J connectivity index is 2.56. The second kappa shape index (κ2) is 6.75. The third-order valence-electron chi connectivity index (χ3n) is 4.18. The first-order valence-electron chi connectivity index (χ1n) is 7.40. The molecule has 1 aliphatic rings. The van der Waals surface area contributed by atoms with E-state index in [-0.39, 0.29) is 0 Å². The molecule has 2 nitrogen and oxygen atoms in total. The standard InChI is InChI=1S/C15H32N2/c1-6-9-13-10-7-8-11-17(13)12-14(16-5)15(2,3)4/h13-14,16H,6-12H2,1-5H3. The Hall–Kier alpha value is -0.0800. The molecule has 1 saturated heterocycles. The van der Waals surface area contributed by atoms with E-state index in [9.17, 15) is 0 Å². The van der Waals surface area contributed by atoms with Crippen LogP contribution < -0.4 is 5.32 Å². The van der Waals surface area contributed by atoms with E-state index in [0.717, 1.165) is 6.04 Å². The van der Waals surface area contributed by atoms with Crippen molar-refractivity contribution >= 4 is 0 Å². The first kappa shape index (κ1) is 15.0. The number of hydrogen-bond acceptors (Lipinski definition) is 2. The van der Waals surface area contributed by atoms with E-state index in [1.54, 1.807) is 0 Å². The van der Waals surface area contributed by atoms with Gasteiger partial charge in [-0.2, -0.15) is 0 Å². The summed E-state index contributed by atoms with van der Waals surface area (Å²) < 4.78 is 0. The molecule has 0 amide bonds. The molecule has 0 saturated carbocycles. The van der Waals surface area contributed by atoms with Gasteiger partial charge in [0.15, 0.2) is 0 Å². The van der Waals surface area contributed by atoms with Crippen LogP contribution in [0.1, 0.15) is 59.8 Å². The van der Waals surface area contributed by atoms with Crippen LogP contribution >= 0.6 is 0 Å². The predicted molar refractivity (Wildman–Crippen MR) is 76.4 cm³/mol. The minimum Gasteiger partial charge on any atom is -0.315 e. The second-order valence-electron chi connectivity index (χ2n) is 6.64. The molecule has 0 aromatic rings. The average Bonchev–Trinajstić information content (AvgIpc) is 2.26. The van der Waals surface area contributed by atoms with Gasteiger partial charge in [0.05, 0.1) is 0 Å². The van der Waals surface area contributed by atoms with E-state index in [0.29, 0.717) is 11.5 Å². The molecule has 1 N–H and O–H groups in total. The topological polar surface area (TPSA) is 15.3 Å². The Morgan fingerprint density at radius 1 is 1.29 bits per heavy atom. The van der Waals surface area contributed by atoms with Crippen LogP contribution in [0.15, 0.2) is 0 Å². The van der Waals surface area contributed by atoms with Crippen molar-refractivity contribution in [1.29, 1.82) is 0 Å². The molecule has 0 aliphatic carbocycles. The molecule has 1 rings (SSSR count). The molecule has 0 spiro atoms. The summed E-state index contributed by atoms with van der Waals surface area (Å²) in [6.45, 7) is 11.8. The normalized spacial score (nSPS) is 24.9. The largest absolute Gasteiger partial charge is 0.315 e. The lowest BCUT2D eigenvalue weighted by Gasteiger charge is -2.41. The Kier molecular flexibility index (Phi) is 5.94. The molecule has 1 aliphatic heterocycles. The zero-order chi connectivity index (χ0) is 12.9. The molecule has 0 aromatic heterocycles. The van der Waals surface area contributed by atoms with Crippen LogP contribution in [0.2, 0.25) is 0 Å². The lowest BCUT2D eigenvalue weighted by molar-refractivity contribution is 0.100. The Morgan fingerprint density at radius 2 is 2.00 bits per heavy atom. The number of likely N-dealkylation sites (N-methyl/N-ethyl adjacent to an activating group) is 1. The Bertz CT molecular complexity index is 205. The van der Waals surface area contributed by atoms with Crippen LogP contribution in [0.4, 0.5) is 0 Å². The van der Waals surface area contributed by atoms with Crippen molar-refractivity contribution in [3.05, 3.63) is 0 Å². The van der Waals surface area contributed by atoms with E-state index in [2.05, 4.69) is 45.0 Å². The van der Waals surface area contributed by atoms with Crippen LogP contribution in [-0.2, 0) is 0 Å². The van der Waals surface area contributed by atoms with E-state index in [4.69, 9.17) is 0 Å². The maximum Gasteiger partial charge on any atom is 0.0240 e. The number of likely N-dealkylation sites (tertiary alicyclic amines) is 1. The fraction of sp³-hybridized carbons (Fsp3) is 1.00. The smallest absolute Gasteiger partial charge is 0.0240 e. The quantitative estimate of drug-likeness (QED) is 0.793. The van der Waals surface area contributed by atoms with Gasteiger partial charge in [-0.15, -0.1) is 0 Å². The van der Waals surface area contributed by atoms with Crippen molar-refractivity contribution < 1.29 is 0 Å². The average molecular weight is 240 g/mol. The van der Waals surface area contributed by atoms with Crippen molar-refractivity contribution in [1.82, 2.24) is 10.2 Å². The van der Waals surface area contributed by atoms with E-state index >= 15 is 0 Å². The first-order chi connectivity index (χ1) is 7.99. The molecular weight excluding hydrogens is 208 g/mol. The monoisotopic (exact) mass is 240 g/mol. The fourth-order valence-electron chi connectivity index (χ4n) is 2.99. The molecule has 0 radical (unpaired) electrons. The van der Waals surface area contributed by atoms with Gasteiger partial charge in [0.2, 0.25) is 0 Å². The van der Waals surface area contributed by atoms with Gasteiger partial charge >= 0.3 is 0 Å². The second-order valence-corrected chi connectivity index (χ2v) is 6.64. The third kappa shape index (κ3) is 4.59. The lowest BCUT2D eigenvalue weighted by atomic mass is 9.85. The Morgan fingerprint density at radius 3 is 2.53 bits per heavy atom. The van der Waals surface area contributed by atoms with Crippen LogP contribution in [-0.4, -0.2) is 37.1 Å². The minimum atomic E-state index is 0.350. The summed E-state index contributed by atoms with van der Waals surface area (Å²) >= 11 is 0. The summed E-state index contributed by atoms with van der Waals surface area (Å²) in [5.41, 5.74) is 0.350. The van der Waals surface area contributed by atoms with Gasteiger partial charge < -0.3 is 5.32 Å². The highest BCUT2D eigenvalue weighted by atomic mass is 15.2. The van der Waals surface area contributed by atoms with Gasteiger partial charge in [0, 0.05) is 18.6 Å². The zero-order valence-corrected chi connectivity index (χ0v) is 12.6. The molecule has 1 fully saturated rings. The molecule has 2 atom stereocenters. The van der Waals surface area contributed by atoms with Crippen LogP contribution in [0.5, 0.6) is 0 Å². The minimum absolute atomic E-state index is 0.350. The van der Waals surface area contributed by atoms with E-state index in [1.165, 1.54) is 45.2 Å². The van der Waals surface area contributed by atoms with Gasteiger partial charge in [0.1, 0.15) is 0 Å². The summed E-state index contributed by atoms with van der Waals surface area (Å²) in [7, 11) is 2.11. The number of nitrogens with one attached hydrogen (secondary N) is 1. The highest BCUT2D eigenvalue weighted by Crippen LogP contribution is 2.25. The fourth-order valence-corrected chi connectivity index (χ4v) is 2.99. The maximum atomic E-state index is 3.51. The summed E-state index contributed by atoms with van der Waals surface area (Å²) in [6.07, 6.45) is 6.93. The molecular formula is C15H32N2. The highest BCUT2D eigenvalue weighted by molar-refractivity contribution is 4.86. The number of nitrogens with zero attached hydrogens (tertiary/aromatic N) is 1. The van der Waals surface area contributed by atoms with Crippen LogP contribution in [0.3, 0.4) is 0 Å². The van der Waals surface area contributed by atoms with Gasteiger partial charge in [-0.05, 0) is 38.3 Å². The summed E-state index contributed by atoms with van der Waals surface area (Å²) in [5, 5.41) is 3.51. The summed E-state index contributed by atoms with van der Waals surface area (Å²) in [6, 6.07) is 1.44. The SMILES string of the molecule is CCCC1CCCCN1CC(NC)C(C)(C)C. The lowest BCUT2D eigenvalue weighted by Crippen LogP contribution is -2.51. The molecule has 2 unspecified atom stereocenters. The molecule has 0 bridgehead atoms. The van der Waals surface area contributed by atoms with Crippen molar-refractivity contribution in [3.63, 3.8) is 0 Å². The van der Waals surface area contributed by atoms with E-state index < -0.39 is 0 Å². The first-order valence-corrected chi connectivity index (χ1v) is 7.40. The van der Waals surface area contributed by atoms with Crippen molar-refractivity contribution in [2.75, 3.05) is 20.1 Å². The van der Waals surface area contributed by atoms with E-state index in [1.807, 2.05) is 0 Å². The third-order valence-corrected chi connectivity index (χ3v) is 4.18. The van der Waals surface area contributed by atoms with Gasteiger partial charge in [-0.3, -0.25) is 4.90 Å². The van der Waals surface area contributed by atoms with Crippen LogP contribution in [0, 0.1) is 5.41 Å². The zero-order valence-electron chi connectivity index (χ0n) is 12.6. The molecule has 17 heavy (non-hydrogen) atoms. The van der Waals surface area contributed by atoms with Crippen LogP contribution in [0.25, 0.3) is 0 Å². The molecule has 2 heteroatoms. The Labute approximate surface area is 108 Å².